The van der Waals surface area contributed by atoms with E-state index in [1.807, 2.05) is 35.2 Å². The van der Waals surface area contributed by atoms with Crippen LogP contribution < -0.4 is 5.32 Å². The predicted molar refractivity (Wildman–Crippen MR) is 131 cm³/mol. The van der Waals surface area contributed by atoms with Gasteiger partial charge in [-0.15, -0.1) is 0 Å². The summed E-state index contributed by atoms with van der Waals surface area (Å²) in [6.45, 7) is 2.06. The average molecular weight is 488 g/mol. The third kappa shape index (κ3) is 7.65. The van der Waals surface area contributed by atoms with Gasteiger partial charge >= 0.3 is 5.97 Å². The number of sulfonamides is 1. The van der Waals surface area contributed by atoms with Crippen LogP contribution in [0.1, 0.15) is 37.7 Å². The van der Waals surface area contributed by atoms with Gasteiger partial charge in [0.25, 0.3) is 0 Å². The lowest BCUT2D eigenvalue weighted by molar-refractivity contribution is -0.141. The highest BCUT2D eigenvalue weighted by Gasteiger charge is 2.25. The van der Waals surface area contributed by atoms with E-state index in [-0.39, 0.29) is 29.7 Å². The highest BCUT2D eigenvalue weighted by atomic mass is 32.2. The normalized spacial score (nSPS) is 15.0. The van der Waals surface area contributed by atoms with Crippen molar-refractivity contribution in [3.8, 4) is 0 Å². The van der Waals surface area contributed by atoms with Crippen LogP contribution >= 0.6 is 0 Å². The lowest BCUT2D eigenvalue weighted by atomic mass is 10.2. The van der Waals surface area contributed by atoms with E-state index in [0.29, 0.717) is 31.9 Å². The molecule has 1 fully saturated rings. The fourth-order valence-electron chi connectivity index (χ4n) is 3.95. The van der Waals surface area contributed by atoms with Crippen molar-refractivity contribution in [3.63, 3.8) is 0 Å². The number of hydrogen-bond acceptors (Lipinski definition) is 6. The van der Waals surface area contributed by atoms with Gasteiger partial charge in [0.15, 0.2) is 0 Å². The predicted octanol–water partition coefficient (Wildman–Crippen LogP) is 3.26. The molecule has 2 aromatic rings. The van der Waals surface area contributed by atoms with Crippen LogP contribution in [0.5, 0.6) is 0 Å². The number of nitrogens with one attached hydrogen (secondary N) is 1. The molecule has 3 rings (SSSR count). The Balaban J connectivity index is 1.61. The Bertz CT molecular complexity index is 1030. The molecule has 0 bridgehead atoms. The third-order valence-corrected chi connectivity index (χ3v) is 7.73. The van der Waals surface area contributed by atoms with E-state index in [4.69, 9.17) is 4.74 Å². The van der Waals surface area contributed by atoms with Crippen molar-refractivity contribution in [2.24, 2.45) is 0 Å². The van der Waals surface area contributed by atoms with Crippen molar-refractivity contribution in [2.45, 2.75) is 43.5 Å². The average Bonchev–Trinajstić information content (AvgIpc) is 3.13. The van der Waals surface area contributed by atoms with Crippen LogP contribution in [0, 0.1) is 0 Å². The molecular weight excluding hydrogens is 454 g/mol. The zero-order chi connectivity index (χ0) is 24.4. The first-order valence-electron chi connectivity index (χ1n) is 11.6. The van der Waals surface area contributed by atoms with Crippen LogP contribution in [-0.4, -0.2) is 62.8 Å². The number of nitrogens with zero attached hydrogens (tertiary/aromatic N) is 2. The van der Waals surface area contributed by atoms with Crippen LogP contribution in [0.3, 0.4) is 0 Å². The maximum Gasteiger partial charge on any atom is 0.306 e. The number of methoxy groups -OCH3 is 1. The SMILES string of the molecule is COC(=O)CCN(CC(=O)Nc1ccc(S(=O)(=O)N2CCCCCC2)cc1)Cc1ccccc1. The first kappa shape index (κ1) is 25.9. The van der Waals surface area contributed by atoms with Crippen molar-refractivity contribution in [2.75, 3.05) is 38.6 Å². The van der Waals surface area contributed by atoms with E-state index in [9.17, 15) is 18.0 Å². The van der Waals surface area contributed by atoms with Crippen molar-refractivity contribution in [3.05, 3.63) is 60.2 Å². The number of hydrogen-bond donors (Lipinski definition) is 1. The summed E-state index contributed by atoms with van der Waals surface area (Å²) < 4.78 is 32.2. The van der Waals surface area contributed by atoms with Crippen LogP contribution in [0.4, 0.5) is 5.69 Å². The van der Waals surface area contributed by atoms with Gasteiger partial charge in [-0.1, -0.05) is 43.2 Å². The number of amides is 1. The second-order valence-corrected chi connectivity index (χ2v) is 10.4. The largest absolute Gasteiger partial charge is 0.469 e. The van der Waals surface area contributed by atoms with Crippen LogP contribution in [-0.2, 0) is 30.9 Å². The standard InChI is InChI=1S/C25H33N3O5S/c1-33-25(30)15-18-27(19-21-9-5-4-6-10-21)20-24(29)26-22-11-13-23(14-12-22)34(31,32)28-16-7-2-3-8-17-28/h4-6,9-14H,2-3,7-8,15-20H2,1H3,(H,26,29). The number of anilines is 1. The molecule has 0 saturated carbocycles. The van der Waals surface area contributed by atoms with Gasteiger partial charge in [0.05, 0.1) is 25.0 Å². The smallest absolute Gasteiger partial charge is 0.306 e. The zero-order valence-corrected chi connectivity index (χ0v) is 20.4. The summed E-state index contributed by atoms with van der Waals surface area (Å²) in [6, 6.07) is 16.0. The molecule has 1 aliphatic rings. The summed E-state index contributed by atoms with van der Waals surface area (Å²) in [7, 11) is -2.19. The quantitative estimate of drug-likeness (QED) is 0.517. The number of benzene rings is 2. The van der Waals surface area contributed by atoms with Gasteiger partial charge < -0.3 is 10.1 Å². The minimum absolute atomic E-state index is 0.0831. The van der Waals surface area contributed by atoms with Crippen molar-refractivity contribution >= 4 is 27.6 Å². The van der Waals surface area contributed by atoms with Crippen LogP contribution in [0.25, 0.3) is 0 Å². The van der Waals surface area contributed by atoms with Gasteiger partial charge in [0.1, 0.15) is 0 Å². The summed E-state index contributed by atoms with van der Waals surface area (Å²) in [5.41, 5.74) is 1.55. The Labute approximate surface area is 201 Å². The van der Waals surface area contributed by atoms with E-state index < -0.39 is 10.0 Å². The van der Waals surface area contributed by atoms with Crippen molar-refractivity contribution < 1.29 is 22.7 Å². The second-order valence-electron chi connectivity index (χ2n) is 8.41. The van der Waals surface area contributed by atoms with E-state index in [1.165, 1.54) is 19.2 Å². The van der Waals surface area contributed by atoms with Gasteiger partial charge in [-0.05, 0) is 42.7 Å². The van der Waals surface area contributed by atoms with E-state index in [0.717, 1.165) is 31.2 Å². The molecule has 2 aromatic carbocycles. The topological polar surface area (TPSA) is 96.0 Å². The summed E-state index contributed by atoms with van der Waals surface area (Å²) in [4.78, 5) is 26.4. The molecule has 8 nitrogen and oxygen atoms in total. The Hall–Kier alpha value is -2.75. The number of carbonyl (C=O) groups excluding carboxylic acids is 2. The Morgan fingerprint density at radius 1 is 0.971 bits per heavy atom. The zero-order valence-electron chi connectivity index (χ0n) is 19.6. The number of ether oxygens (including phenoxy) is 1. The molecule has 184 valence electrons. The number of carbonyl (C=O) groups is 2. The fraction of sp³-hybridized carbons (Fsp3) is 0.440. The first-order chi connectivity index (χ1) is 16.4. The molecule has 34 heavy (non-hydrogen) atoms. The molecule has 1 saturated heterocycles. The van der Waals surface area contributed by atoms with Gasteiger partial charge in [-0.3, -0.25) is 14.5 Å². The van der Waals surface area contributed by atoms with Gasteiger partial charge in [-0.2, -0.15) is 4.31 Å². The summed E-state index contributed by atoms with van der Waals surface area (Å²) in [5, 5.41) is 2.82. The minimum atomic E-state index is -3.53. The highest BCUT2D eigenvalue weighted by Crippen LogP contribution is 2.22. The van der Waals surface area contributed by atoms with Gasteiger partial charge in [0.2, 0.25) is 15.9 Å². The molecule has 1 N–H and O–H groups in total. The molecule has 1 heterocycles. The van der Waals surface area contributed by atoms with Crippen LogP contribution in [0.2, 0.25) is 0 Å². The fourth-order valence-corrected chi connectivity index (χ4v) is 5.47. The van der Waals surface area contributed by atoms with E-state index in [1.54, 1.807) is 16.4 Å². The summed E-state index contributed by atoms with van der Waals surface area (Å²) in [6.07, 6.45) is 4.04. The molecule has 0 aliphatic carbocycles. The van der Waals surface area contributed by atoms with E-state index >= 15 is 0 Å². The van der Waals surface area contributed by atoms with E-state index in [2.05, 4.69) is 5.32 Å². The number of esters is 1. The molecular formula is C25H33N3O5S. The Morgan fingerprint density at radius 2 is 1.62 bits per heavy atom. The van der Waals surface area contributed by atoms with Crippen molar-refractivity contribution in [1.82, 2.24) is 9.21 Å². The monoisotopic (exact) mass is 487 g/mol. The first-order valence-corrected chi connectivity index (χ1v) is 13.1. The molecule has 0 aromatic heterocycles. The summed E-state index contributed by atoms with van der Waals surface area (Å²) >= 11 is 0. The summed E-state index contributed by atoms with van der Waals surface area (Å²) in [5.74, 6) is -0.580. The maximum absolute atomic E-state index is 12.9. The van der Waals surface area contributed by atoms with Crippen LogP contribution in [0.15, 0.2) is 59.5 Å². The molecule has 0 spiro atoms. The molecule has 0 radical (unpaired) electrons. The van der Waals surface area contributed by atoms with Crippen molar-refractivity contribution in [1.29, 1.82) is 0 Å². The lowest BCUT2D eigenvalue weighted by Gasteiger charge is -2.22. The van der Waals surface area contributed by atoms with Gasteiger partial charge in [0, 0.05) is 31.9 Å². The Morgan fingerprint density at radius 3 is 2.24 bits per heavy atom. The molecule has 1 amide bonds. The Kier molecular flexibility index (Phi) is 9.62. The molecule has 0 atom stereocenters. The third-order valence-electron chi connectivity index (χ3n) is 5.82. The number of rotatable bonds is 10. The highest BCUT2D eigenvalue weighted by molar-refractivity contribution is 7.89. The van der Waals surface area contributed by atoms with Gasteiger partial charge in [-0.25, -0.2) is 8.42 Å². The molecule has 0 unspecified atom stereocenters. The lowest BCUT2D eigenvalue weighted by Crippen LogP contribution is -2.34. The minimum Gasteiger partial charge on any atom is -0.469 e. The second kappa shape index (κ2) is 12.6. The molecule has 1 aliphatic heterocycles. The maximum atomic E-state index is 12.9. The molecule has 9 heteroatoms.